The molecule has 0 unspecified atom stereocenters. The van der Waals surface area contributed by atoms with E-state index in [0.29, 0.717) is 5.75 Å². The van der Waals surface area contributed by atoms with Gasteiger partial charge in [0.15, 0.2) is 5.75 Å². The van der Waals surface area contributed by atoms with Crippen LogP contribution in [0.15, 0.2) is 60.7 Å². The van der Waals surface area contributed by atoms with Crippen LogP contribution in [0, 0.1) is 10.1 Å². The molecule has 0 saturated carbocycles. The van der Waals surface area contributed by atoms with E-state index in [0.717, 1.165) is 26.1 Å². The van der Waals surface area contributed by atoms with Crippen molar-refractivity contribution in [1.82, 2.24) is 4.90 Å². The first-order chi connectivity index (χ1) is 14.0. The van der Waals surface area contributed by atoms with Crippen LogP contribution in [0.1, 0.15) is 16.7 Å². The number of benzene rings is 3. The predicted octanol–water partition coefficient (Wildman–Crippen LogP) is 6.25. The van der Waals surface area contributed by atoms with E-state index >= 15 is 0 Å². The molecule has 0 spiro atoms. The Labute approximate surface area is 178 Å². The van der Waals surface area contributed by atoms with Gasteiger partial charge in [-0.25, -0.2) is 0 Å². The number of nitro groups is 1. The van der Waals surface area contributed by atoms with Gasteiger partial charge in [0.05, 0.1) is 15.0 Å². The number of hydrogen-bond acceptors (Lipinski definition) is 4. The van der Waals surface area contributed by atoms with Crippen LogP contribution in [0.25, 0.3) is 0 Å². The molecule has 0 bridgehead atoms. The minimum absolute atomic E-state index is 0.107. The van der Waals surface area contributed by atoms with Gasteiger partial charge in [-0.15, -0.1) is 0 Å². The first-order valence-corrected chi connectivity index (χ1v) is 9.94. The highest BCUT2D eigenvalue weighted by Crippen LogP contribution is 2.40. The number of rotatable bonds is 5. The van der Waals surface area contributed by atoms with Gasteiger partial charge in [0, 0.05) is 31.8 Å². The van der Waals surface area contributed by atoms with E-state index < -0.39 is 4.92 Å². The summed E-state index contributed by atoms with van der Waals surface area (Å²) in [4.78, 5) is 12.8. The number of ether oxygens (including phenoxy) is 1. The molecule has 0 N–H and O–H groups in total. The van der Waals surface area contributed by atoms with E-state index in [1.54, 1.807) is 0 Å². The molecular formula is C22H18Cl2N2O3. The van der Waals surface area contributed by atoms with Gasteiger partial charge in [-0.2, -0.15) is 0 Å². The van der Waals surface area contributed by atoms with Crippen LogP contribution in [0.2, 0.25) is 10.0 Å². The third kappa shape index (κ3) is 4.53. The van der Waals surface area contributed by atoms with E-state index in [1.807, 2.05) is 18.2 Å². The zero-order valence-electron chi connectivity index (χ0n) is 15.5. The van der Waals surface area contributed by atoms with Crippen LogP contribution in [0.3, 0.4) is 0 Å². The van der Waals surface area contributed by atoms with Crippen molar-refractivity contribution in [2.75, 3.05) is 6.54 Å². The standard InChI is InChI=1S/C22H18Cl2N2O3/c23-20-11-18(26(27)28)12-21(24)22(20)29-19-7-6-17-14-25(9-8-16(17)10-19)13-15-4-2-1-3-5-15/h1-7,10-12H,8-9,13-14H2. The molecule has 0 aliphatic carbocycles. The molecule has 0 fully saturated rings. The van der Waals surface area contributed by atoms with E-state index in [9.17, 15) is 10.1 Å². The molecule has 3 aromatic rings. The molecule has 29 heavy (non-hydrogen) atoms. The van der Waals surface area contributed by atoms with Crippen molar-refractivity contribution in [2.45, 2.75) is 19.5 Å². The Morgan fingerprint density at radius 3 is 2.41 bits per heavy atom. The molecule has 0 atom stereocenters. The maximum absolute atomic E-state index is 10.9. The third-order valence-corrected chi connectivity index (χ3v) is 5.49. The number of hydrogen-bond donors (Lipinski definition) is 0. The fourth-order valence-corrected chi connectivity index (χ4v) is 4.05. The number of nitrogens with zero attached hydrogens (tertiary/aromatic N) is 2. The fraction of sp³-hybridized carbons (Fsp3) is 0.182. The van der Waals surface area contributed by atoms with E-state index in [-0.39, 0.29) is 21.5 Å². The van der Waals surface area contributed by atoms with Crippen LogP contribution in [-0.4, -0.2) is 16.4 Å². The lowest BCUT2D eigenvalue weighted by atomic mass is 9.99. The minimum atomic E-state index is -0.540. The second kappa shape index (κ2) is 8.41. The number of fused-ring (bicyclic) bond motifs is 1. The smallest absolute Gasteiger partial charge is 0.272 e. The van der Waals surface area contributed by atoms with E-state index in [4.69, 9.17) is 27.9 Å². The quantitative estimate of drug-likeness (QED) is 0.355. The lowest BCUT2D eigenvalue weighted by Gasteiger charge is -2.29. The maximum Gasteiger partial charge on any atom is 0.272 e. The van der Waals surface area contributed by atoms with Gasteiger partial charge in [0.1, 0.15) is 5.75 Å². The number of non-ortho nitro benzene ring substituents is 1. The maximum atomic E-state index is 10.9. The summed E-state index contributed by atoms with van der Waals surface area (Å²) < 4.78 is 5.86. The summed E-state index contributed by atoms with van der Waals surface area (Å²) in [6, 6.07) is 18.8. The van der Waals surface area contributed by atoms with Crippen LogP contribution in [0.4, 0.5) is 5.69 Å². The van der Waals surface area contributed by atoms with Crippen LogP contribution in [0.5, 0.6) is 11.5 Å². The molecule has 4 rings (SSSR count). The van der Waals surface area contributed by atoms with Crippen LogP contribution >= 0.6 is 23.2 Å². The third-order valence-electron chi connectivity index (χ3n) is 4.93. The molecule has 7 heteroatoms. The van der Waals surface area contributed by atoms with Gasteiger partial charge in [0.25, 0.3) is 5.69 Å². The molecular weight excluding hydrogens is 411 g/mol. The van der Waals surface area contributed by atoms with Crippen LogP contribution < -0.4 is 4.74 Å². The van der Waals surface area contributed by atoms with Crippen molar-refractivity contribution in [1.29, 1.82) is 0 Å². The average molecular weight is 429 g/mol. The summed E-state index contributed by atoms with van der Waals surface area (Å²) in [6.45, 7) is 2.76. The molecule has 1 aliphatic heterocycles. The Morgan fingerprint density at radius 1 is 1.00 bits per heavy atom. The van der Waals surface area contributed by atoms with Crippen molar-refractivity contribution < 1.29 is 9.66 Å². The highest BCUT2D eigenvalue weighted by atomic mass is 35.5. The van der Waals surface area contributed by atoms with Gasteiger partial charge < -0.3 is 4.74 Å². The number of nitro benzene ring substituents is 1. The van der Waals surface area contributed by atoms with Crippen molar-refractivity contribution in [2.24, 2.45) is 0 Å². The number of halogens is 2. The second-order valence-corrected chi connectivity index (χ2v) is 7.79. The summed E-state index contributed by atoms with van der Waals surface area (Å²) in [5.74, 6) is 0.832. The topological polar surface area (TPSA) is 55.6 Å². The Morgan fingerprint density at radius 2 is 1.72 bits per heavy atom. The normalized spacial score (nSPS) is 13.7. The fourth-order valence-electron chi connectivity index (χ4n) is 3.50. The Balaban J connectivity index is 1.49. The van der Waals surface area contributed by atoms with Gasteiger partial charge >= 0.3 is 0 Å². The molecule has 0 radical (unpaired) electrons. The molecule has 0 amide bonds. The van der Waals surface area contributed by atoms with Crippen LogP contribution in [-0.2, 0) is 19.5 Å². The van der Waals surface area contributed by atoms with Gasteiger partial charge in [-0.1, -0.05) is 59.6 Å². The molecule has 1 heterocycles. The van der Waals surface area contributed by atoms with Crippen molar-refractivity contribution in [3.63, 3.8) is 0 Å². The first kappa shape index (κ1) is 19.7. The Bertz CT molecular complexity index is 1030. The zero-order valence-corrected chi connectivity index (χ0v) is 17.0. The van der Waals surface area contributed by atoms with E-state index in [1.165, 1.54) is 28.8 Å². The van der Waals surface area contributed by atoms with Crippen molar-refractivity contribution in [3.05, 3.63) is 97.5 Å². The molecule has 148 valence electrons. The molecule has 0 saturated heterocycles. The summed E-state index contributed by atoms with van der Waals surface area (Å²) in [5, 5.41) is 11.1. The van der Waals surface area contributed by atoms with E-state index in [2.05, 4.69) is 35.2 Å². The summed E-state index contributed by atoms with van der Waals surface area (Å²) in [5.41, 5.74) is 3.62. The largest absolute Gasteiger partial charge is 0.454 e. The molecule has 3 aromatic carbocycles. The monoisotopic (exact) mass is 428 g/mol. The Hall–Kier alpha value is -2.60. The summed E-state index contributed by atoms with van der Waals surface area (Å²) in [6.07, 6.45) is 0.918. The van der Waals surface area contributed by atoms with Gasteiger partial charge in [-0.05, 0) is 35.2 Å². The van der Waals surface area contributed by atoms with Crippen molar-refractivity contribution in [3.8, 4) is 11.5 Å². The predicted molar refractivity (Wildman–Crippen MR) is 114 cm³/mol. The summed E-state index contributed by atoms with van der Waals surface area (Å²) in [7, 11) is 0. The highest BCUT2D eigenvalue weighted by molar-refractivity contribution is 6.37. The Kier molecular flexibility index (Phi) is 5.72. The van der Waals surface area contributed by atoms with Crippen molar-refractivity contribution >= 4 is 28.9 Å². The summed E-state index contributed by atoms with van der Waals surface area (Å²) >= 11 is 12.3. The second-order valence-electron chi connectivity index (χ2n) is 6.97. The van der Waals surface area contributed by atoms with Gasteiger partial charge in [0.2, 0.25) is 0 Å². The average Bonchev–Trinajstić information content (AvgIpc) is 2.71. The SMILES string of the molecule is O=[N+]([O-])c1cc(Cl)c(Oc2ccc3c(c2)CCN(Cc2ccccc2)C3)c(Cl)c1. The molecule has 5 nitrogen and oxygen atoms in total. The molecule has 1 aliphatic rings. The first-order valence-electron chi connectivity index (χ1n) is 9.19. The lowest BCUT2D eigenvalue weighted by molar-refractivity contribution is -0.384. The highest BCUT2D eigenvalue weighted by Gasteiger charge is 2.19. The van der Waals surface area contributed by atoms with Gasteiger partial charge in [-0.3, -0.25) is 15.0 Å². The lowest BCUT2D eigenvalue weighted by Crippen LogP contribution is -2.29. The zero-order chi connectivity index (χ0) is 20.4. The molecule has 0 aromatic heterocycles. The minimum Gasteiger partial charge on any atom is -0.454 e.